The zero-order valence-electron chi connectivity index (χ0n) is 7.39. The van der Waals surface area contributed by atoms with Crippen LogP contribution in [-0.2, 0) is 4.79 Å². The number of amides is 1. The highest BCUT2D eigenvalue weighted by molar-refractivity contribution is 7.99. The molecule has 1 amide bonds. The van der Waals surface area contributed by atoms with Crippen LogP contribution in [0.4, 0.5) is 0 Å². The van der Waals surface area contributed by atoms with Gasteiger partial charge in [0, 0.05) is 19.2 Å². The van der Waals surface area contributed by atoms with Crippen LogP contribution >= 0.6 is 11.8 Å². The number of carbonyl (C=O) groups excluding carboxylic acids is 1. The molecule has 1 aliphatic rings. The molecule has 0 spiro atoms. The SMILES string of the molecule is CC(=O)N1CSCC(C)(C)C1. The maximum atomic E-state index is 11.0. The summed E-state index contributed by atoms with van der Waals surface area (Å²) in [7, 11) is 0. The summed E-state index contributed by atoms with van der Waals surface area (Å²) in [5.41, 5.74) is 0.300. The molecule has 0 bridgehead atoms. The third kappa shape index (κ3) is 2.40. The quantitative estimate of drug-likeness (QED) is 0.554. The number of carbonyl (C=O) groups is 1. The second kappa shape index (κ2) is 3.05. The summed E-state index contributed by atoms with van der Waals surface area (Å²) in [6.45, 7) is 6.96. The Morgan fingerprint density at radius 2 is 2.18 bits per heavy atom. The molecular weight excluding hydrogens is 158 g/mol. The van der Waals surface area contributed by atoms with Crippen LogP contribution in [0, 0.1) is 5.41 Å². The highest BCUT2D eigenvalue weighted by atomic mass is 32.2. The van der Waals surface area contributed by atoms with E-state index in [0.29, 0.717) is 5.41 Å². The number of rotatable bonds is 0. The van der Waals surface area contributed by atoms with Gasteiger partial charge in [0.25, 0.3) is 0 Å². The van der Waals surface area contributed by atoms with Crippen LogP contribution in [-0.4, -0.2) is 29.0 Å². The summed E-state index contributed by atoms with van der Waals surface area (Å²) in [5, 5.41) is 0. The Morgan fingerprint density at radius 1 is 1.55 bits per heavy atom. The summed E-state index contributed by atoms with van der Waals surface area (Å²) < 4.78 is 0. The Kier molecular flexibility index (Phi) is 2.47. The van der Waals surface area contributed by atoms with Gasteiger partial charge in [-0.25, -0.2) is 0 Å². The van der Waals surface area contributed by atoms with E-state index >= 15 is 0 Å². The highest BCUT2D eigenvalue weighted by Crippen LogP contribution is 2.28. The molecule has 1 heterocycles. The Morgan fingerprint density at radius 3 is 2.55 bits per heavy atom. The minimum absolute atomic E-state index is 0.199. The van der Waals surface area contributed by atoms with E-state index in [1.54, 1.807) is 6.92 Å². The standard InChI is InChI=1S/C8H15NOS/c1-7(10)9-4-8(2,3)5-11-6-9/h4-6H2,1-3H3. The molecule has 2 nitrogen and oxygen atoms in total. The van der Waals surface area contributed by atoms with Gasteiger partial charge in [-0.15, -0.1) is 11.8 Å². The van der Waals surface area contributed by atoms with Gasteiger partial charge in [-0.1, -0.05) is 13.8 Å². The predicted octanol–water partition coefficient (Wildman–Crippen LogP) is 1.57. The molecule has 0 N–H and O–H groups in total. The molecule has 0 aromatic carbocycles. The molecule has 1 rings (SSSR count). The third-order valence-corrected chi connectivity index (χ3v) is 3.28. The Labute approximate surface area is 72.3 Å². The molecule has 1 fully saturated rings. The van der Waals surface area contributed by atoms with Crippen LogP contribution in [0.25, 0.3) is 0 Å². The van der Waals surface area contributed by atoms with E-state index in [1.165, 1.54) is 0 Å². The topological polar surface area (TPSA) is 20.3 Å². The van der Waals surface area contributed by atoms with E-state index in [2.05, 4.69) is 13.8 Å². The van der Waals surface area contributed by atoms with E-state index in [-0.39, 0.29) is 5.91 Å². The normalized spacial score (nSPS) is 23.4. The van der Waals surface area contributed by atoms with Crippen molar-refractivity contribution in [2.45, 2.75) is 20.8 Å². The number of hydrogen-bond acceptors (Lipinski definition) is 2. The lowest BCUT2D eigenvalue weighted by Gasteiger charge is -2.36. The average molecular weight is 173 g/mol. The lowest BCUT2D eigenvalue weighted by molar-refractivity contribution is -0.129. The first-order valence-corrected chi connectivity index (χ1v) is 5.00. The van der Waals surface area contributed by atoms with Crippen molar-refractivity contribution in [1.29, 1.82) is 0 Å². The van der Waals surface area contributed by atoms with Crippen LogP contribution in [0.3, 0.4) is 0 Å². The van der Waals surface area contributed by atoms with Gasteiger partial charge in [-0.2, -0.15) is 0 Å². The van der Waals surface area contributed by atoms with Crippen molar-refractivity contribution in [3.8, 4) is 0 Å². The van der Waals surface area contributed by atoms with Gasteiger partial charge < -0.3 is 4.90 Å². The number of thioether (sulfide) groups is 1. The molecule has 1 aliphatic heterocycles. The second-order valence-electron chi connectivity index (χ2n) is 3.86. The van der Waals surface area contributed by atoms with E-state index in [4.69, 9.17) is 0 Å². The zero-order valence-corrected chi connectivity index (χ0v) is 8.20. The van der Waals surface area contributed by atoms with Crippen LogP contribution in [0.15, 0.2) is 0 Å². The van der Waals surface area contributed by atoms with E-state index in [0.717, 1.165) is 18.2 Å². The highest BCUT2D eigenvalue weighted by Gasteiger charge is 2.27. The van der Waals surface area contributed by atoms with E-state index < -0.39 is 0 Å². The van der Waals surface area contributed by atoms with Gasteiger partial charge in [0.05, 0.1) is 5.88 Å². The first kappa shape index (κ1) is 8.91. The smallest absolute Gasteiger partial charge is 0.220 e. The fraction of sp³-hybridized carbons (Fsp3) is 0.875. The van der Waals surface area contributed by atoms with Crippen molar-refractivity contribution < 1.29 is 4.79 Å². The molecule has 0 aromatic heterocycles. The van der Waals surface area contributed by atoms with Gasteiger partial charge in [-0.3, -0.25) is 4.79 Å². The van der Waals surface area contributed by atoms with Gasteiger partial charge in [-0.05, 0) is 5.41 Å². The maximum Gasteiger partial charge on any atom is 0.220 e. The van der Waals surface area contributed by atoms with Crippen molar-refractivity contribution in [2.75, 3.05) is 18.2 Å². The van der Waals surface area contributed by atoms with Crippen molar-refractivity contribution in [3.63, 3.8) is 0 Å². The maximum absolute atomic E-state index is 11.0. The molecule has 1 saturated heterocycles. The molecular formula is C8H15NOS. The van der Waals surface area contributed by atoms with Gasteiger partial charge in [0.1, 0.15) is 0 Å². The van der Waals surface area contributed by atoms with Crippen LogP contribution in [0.5, 0.6) is 0 Å². The van der Waals surface area contributed by atoms with E-state index in [1.807, 2.05) is 16.7 Å². The molecule has 0 aromatic rings. The molecule has 0 aliphatic carbocycles. The van der Waals surface area contributed by atoms with Crippen molar-refractivity contribution in [1.82, 2.24) is 4.90 Å². The predicted molar refractivity (Wildman–Crippen MR) is 48.5 cm³/mol. The third-order valence-electron chi connectivity index (χ3n) is 1.80. The van der Waals surface area contributed by atoms with Crippen LogP contribution in [0.1, 0.15) is 20.8 Å². The largest absolute Gasteiger partial charge is 0.333 e. The lowest BCUT2D eigenvalue weighted by atomic mass is 9.95. The summed E-state index contributed by atoms with van der Waals surface area (Å²) in [6, 6.07) is 0. The molecule has 11 heavy (non-hydrogen) atoms. The summed E-state index contributed by atoms with van der Waals surface area (Å²) in [4.78, 5) is 12.9. The van der Waals surface area contributed by atoms with Gasteiger partial charge in [0.15, 0.2) is 0 Å². The Bertz CT molecular complexity index is 167. The van der Waals surface area contributed by atoms with Crippen LogP contribution < -0.4 is 0 Å². The second-order valence-corrected chi connectivity index (χ2v) is 4.81. The average Bonchev–Trinajstić information content (AvgIpc) is 1.85. The Hall–Kier alpha value is -0.180. The van der Waals surface area contributed by atoms with Gasteiger partial charge in [0.2, 0.25) is 5.91 Å². The van der Waals surface area contributed by atoms with Gasteiger partial charge >= 0.3 is 0 Å². The molecule has 0 radical (unpaired) electrons. The van der Waals surface area contributed by atoms with E-state index in [9.17, 15) is 4.79 Å². The fourth-order valence-corrected chi connectivity index (χ4v) is 2.47. The number of hydrogen-bond donors (Lipinski definition) is 0. The first-order chi connectivity index (χ1) is 5.01. The van der Waals surface area contributed by atoms with Crippen LogP contribution in [0.2, 0.25) is 0 Å². The molecule has 0 atom stereocenters. The van der Waals surface area contributed by atoms with Crippen molar-refractivity contribution in [3.05, 3.63) is 0 Å². The monoisotopic (exact) mass is 173 g/mol. The molecule has 0 saturated carbocycles. The summed E-state index contributed by atoms with van der Waals surface area (Å²) in [5.74, 6) is 2.24. The first-order valence-electron chi connectivity index (χ1n) is 3.84. The fourth-order valence-electron chi connectivity index (χ4n) is 1.24. The summed E-state index contributed by atoms with van der Waals surface area (Å²) >= 11 is 1.84. The Balaban J connectivity index is 2.53. The minimum Gasteiger partial charge on any atom is -0.333 e. The molecule has 64 valence electrons. The molecule has 3 heteroatoms. The zero-order chi connectivity index (χ0) is 8.48. The number of nitrogens with zero attached hydrogens (tertiary/aromatic N) is 1. The van der Waals surface area contributed by atoms with Crippen molar-refractivity contribution in [2.24, 2.45) is 5.41 Å². The lowest BCUT2D eigenvalue weighted by Crippen LogP contribution is -2.42. The summed E-state index contributed by atoms with van der Waals surface area (Å²) in [6.07, 6.45) is 0. The molecule has 0 unspecified atom stereocenters. The van der Waals surface area contributed by atoms with Crippen molar-refractivity contribution >= 4 is 17.7 Å². The minimum atomic E-state index is 0.199.